The first-order valence-corrected chi connectivity index (χ1v) is 7.33. The van der Waals surface area contributed by atoms with E-state index in [9.17, 15) is 15.2 Å². The molecule has 22 heavy (non-hydrogen) atoms. The van der Waals surface area contributed by atoms with Crippen LogP contribution in [0.15, 0.2) is 61.2 Å². The smallest absolute Gasteiger partial charge is 0.269 e. The first-order valence-electron chi connectivity index (χ1n) is 6.51. The van der Waals surface area contributed by atoms with Crippen LogP contribution >= 0.6 is 11.3 Å². The first-order chi connectivity index (χ1) is 10.5. The van der Waals surface area contributed by atoms with Gasteiger partial charge in [-0.3, -0.25) is 10.1 Å². The van der Waals surface area contributed by atoms with Gasteiger partial charge in [-0.25, -0.2) is 4.98 Å². The Morgan fingerprint density at radius 2 is 1.91 bits per heavy atom. The molecule has 0 fully saturated rings. The molecule has 1 unspecified atom stereocenters. The van der Waals surface area contributed by atoms with E-state index in [2.05, 4.69) is 11.6 Å². The summed E-state index contributed by atoms with van der Waals surface area (Å²) in [5, 5.41) is 22.2. The highest BCUT2D eigenvalue weighted by Gasteiger charge is 2.32. The number of benzene rings is 2. The number of fused-ring (bicyclic) bond motifs is 1. The molecule has 1 N–H and O–H groups in total. The molecule has 3 aromatic rings. The molecular weight excluding hydrogens is 300 g/mol. The van der Waals surface area contributed by atoms with Crippen LogP contribution in [0.1, 0.15) is 10.6 Å². The number of nitro groups is 1. The van der Waals surface area contributed by atoms with Crippen LogP contribution in [0.25, 0.3) is 10.2 Å². The number of aromatic nitrogens is 1. The van der Waals surface area contributed by atoms with Crippen molar-refractivity contribution in [3.05, 3.63) is 81.9 Å². The second kappa shape index (κ2) is 5.32. The van der Waals surface area contributed by atoms with Gasteiger partial charge in [-0.05, 0) is 35.9 Å². The molecule has 0 aliphatic rings. The summed E-state index contributed by atoms with van der Waals surface area (Å²) in [4.78, 5) is 14.7. The van der Waals surface area contributed by atoms with Gasteiger partial charge in [0.1, 0.15) is 5.01 Å². The van der Waals surface area contributed by atoms with Crippen molar-refractivity contribution in [3.8, 4) is 0 Å². The highest BCUT2D eigenvalue weighted by molar-refractivity contribution is 7.18. The van der Waals surface area contributed by atoms with E-state index < -0.39 is 10.5 Å². The Hall–Kier alpha value is -2.57. The SMILES string of the molecule is C=CC(O)(c1ccc([N+](=O)[O-])cc1)c1nc2ccccc2s1. The van der Waals surface area contributed by atoms with Crippen LogP contribution in [0, 0.1) is 10.1 Å². The van der Waals surface area contributed by atoms with E-state index in [-0.39, 0.29) is 5.69 Å². The van der Waals surface area contributed by atoms with Crippen molar-refractivity contribution < 1.29 is 10.0 Å². The predicted octanol–water partition coefficient (Wildman–Crippen LogP) is 3.63. The van der Waals surface area contributed by atoms with Crippen molar-refractivity contribution >= 4 is 27.2 Å². The third kappa shape index (κ3) is 2.28. The van der Waals surface area contributed by atoms with Crippen molar-refractivity contribution in [1.29, 1.82) is 0 Å². The summed E-state index contributed by atoms with van der Waals surface area (Å²) < 4.78 is 0.958. The van der Waals surface area contributed by atoms with Gasteiger partial charge in [-0.2, -0.15) is 0 Å². The average molecular weight is 312 g/mol. The number of aliphatic hydroxyl groups is 1. The Morgan fingerprint density at radius 1 is 1.23 bits per heavy atom. The lowest BCUT2D eigenvalue weighted by molar-refractivity contribution is -0.384. The molecule has 0 bridgehead atoms. The Morgan fingerprint density at radius 3 is 2.50 bits per heavy atom. The maximum atomic E-state index is 11.0. The number of hydrogen-bond donors (Lipinski definition) is 1. The second-order valence-corrected chi connectivity index (χ2v) is 5.79. The molecule has 3 rings (SSSR count). The number of nitrogens with zero attached hydrogens (tertiary/aromatic N) is 2. The summed E-state index contributed by atoms with van der Waals surface area (Å²) in [6, 6.07) is 13.3. The Bertz CT molecular complexity index is 824. The van der Waals surface area contributed by atoms with E-state index in [0.29, 0.717) is 10.6 Å². The molecule has 6 heteroatoms. The third-order valence-corrected chi connectivity index (χ3v) is 4.59. The van der Waals surface area contributed by atoms with E-state index in [0.717, 1.165) is 10.2 Å². The first kappa shape index (κ1) is 14.4. The molecule has 1 heterocycles. The van der Waals surface area contributed by atoms with E-state index in [1.807, 2.05) is 24.3 Å². The van der Waals surface area contributed by atoms with Gasteiger partial charge in [0, 0.05) is 12.1 Å². The second-order valence-electron chi connectivity index (χ2n) is 4.76. The van der Waals surface area contributed by atoms with Gasteiger partial charge < -0.3 is 5.11 Å². The quantitative estimate of drug-likeness (QED) is 0.453. The Balaban J connectivity index is 2.10. The molecule has 0 amide bonds. The summed E-state index contributed by atoms with van der Waals surface area (Å²) in [5.41, 5.74) is -0.213. The van der Waals surface area contributed by atoms with E-state index in [1.54, 1.807) is 0 Å². The lowest BCUT2D eigenvalue weighted by atomic mass is 9.94. The standard InChI is InChI=1S/C16H12N2O3S/c1-2-16(19,11-7-9-12(10-8-11)18(20)21)15-17-13-5-3-4-6-14(13)22-15/h2-10,19H,1H2. The van der Waals surface area contributed by atoms with Crippen molar-refractivity contribution in [1.82, 2.24) is 4.98 Å². The van der Waals surface area contributed by atoms with Crippen LogP contribution in [0.3, 0.4) is 0 Å². The van der Waals surface area contributed by atoms with Gasteiger partial charge in [-0.15, -0.1) is 11.3 Å². The van der Waals surface area contributed by atoms with Crippen molar-refractivity contribution in [2.45, 2.75) is 5.60 Å². The summed E-state index contributed by atoms with van der Waals surface area (Å²) in [5.74, 6) is 0. The molecule has 0 spiro atoms. The van der Waals surface area contributed by atoms with E-state index >= 15 is 0 Å². The number of rotatable bonds is 4. The topological polar surface area (TPSA) is 76.3 Å². The molecule has 0 aliphatic carbocycles. The van der Waals surface area contributed by atoms with Crippen LogP contribution < -0.4 is 0 Å². The van der Waals surface area contributed by atoms with Gasteiger partial charge in [0.2, 0.25) is 0 Å². The minimum Gasteiger partial charge on any atom is -0.374 e. The normalized spacial score (nSPS) is 13.7. The van der Waals surface area contributed by atoms with Crippen LogP contribution in [-0.4, -0.2) is 15.0 Å². The third-order valence-electron chi connectivity index (χ3n) is 3.43. The summed E-state index contributed by atoms with van der Waals surface area (Å²) in [6.07, 6.45) is 1.39. The van der Waals surface area contributed by atoms with Gasteiger partial charge in [0.05, 0.1) is 15.1 Å². The molecule has 1 atom stereocenters. The van der Waals surface area contributed by atoms with Crippen LogP contribution in [0.4, 0.5) is 5.69 Å². The number of thiazole rings is 1. The number of hydrogen-bond acceptors (Lipinski definition) is 5. The number of non-ortho nitro benzene ring substituents is 1. The molecule has 0 radical (unpaired) electrons. The Labute approximate surface area is 130 Å². The minimum atomic E-state index is -1.47. The van der Waals surface area contributed by atoms with Crippen molar-refractivity contribution in [2.24, 2.45) is 0 Å². The van der Waals surface area contributed by atoms with Gasteiger partial charge >= 0.3 is 0 Å². The fourth-order valence-electron chi connectivity index (χ4n) is 2.20. The highest BCUT2D eigenvalue weighted by atomic mass is 32.1. The van der Waals surface area contributed by atoms with Crippen molar-refractivity contribution in [3.63, 3.8) is 0 Å². The highest BCUT2D eigenvalue weighted by Crippen LogP contribution is 2.36. The summed E-state index contributed by atoms with van der Waals surface area (Å²) in [7, 11) is 0. The molecule has 110 valence electrons. The molecule has 5 nitrogen and oxygen atoms in total. The fourth-order valence-corrected chi connectivity index (χ4v) is 3.28. The molecule has 0 saturated carbocycles. The lowest BCUT2D eigenvalue weighted by Crippen LogP contribution is -2.23. The zero-order chi connectivity index (χ0) is 15.7. The fraction of sp³-hybridized carbons (Fsp3) is 0.0625. The minimum absolute atomic E-state index is 0.0283. The van der Waals surface area contributed by atoms with Gasteiger partial charge in [0.25, 0.3) is 5.69 Å². The molecule has 2 aromatic carbocycles. The van der Waals surface area contributed by atoms with Crippen LogP contribution in [0.5, 0.6) is 0 Å². The lowest BCUT2D eigenvalue weighted by Gasteiger charge is -2.22. The van der Waals surface area contributed by atoms with E-state index in [4.69, 9.17) is 0 Å². The van der Waals surface area contributed by atoms with Crippen LogP contribution in [-0.2, 0) is 5.60 Å². The average Bonchev–Trinajstić information content (AvgIpc) is 2.98. The number of para-hydroxylation sites is 1. The predicted molar refractivity (Wildman–Crippen MR) is 85.9 cm³/mol. The monoisotopic (exact) mass is 312 g/mol. The van der Waals surface area contributed by atoms with Crippen molar-refractivity contribution in [2.75, 3.05) is 0 Å². The maximum absolute atomic E-state index is 11.0. The maximum Gasteiger partial charge on any atom is 0.269 e. The number of nitro benzene ring substituents is 1. The summed E-state index contributed by atoms with van der Waals surface area (Å²) in [6.45, 7) is 3.70. The van der Waals surface area contributed by atoms with Gasteiger partial charge in [0.15, 0.2) is 5.60 Å². The Kier molecular flexibility index (Phi) is 3.48. The largest absolute Gasteiger partial charge is 0.374 e. The molecular formula is C16H12N2O3S. The zero-order valence-corrected chi connectivity index (χ0v) is 12.3. The molecule has 0 saturated heterocycles. The van der Waals surface area contributed by atoms with E-state index in [1.165, 1.54) is 41.7 Å². The van der Waals surface area contributed by atoms with Crippen LogP contribution in [0.2, 0.25) is 0 Å². The zero-order valence-electron chi connectivity index (χ0n) is 11.5. The molecule has 0 aliphatic heterocycles. The van der Waals surface area contributed by atoms with Gasteiger partial charge in [-0.1, -0.05) is 18.7 Å². The summed E-state index contributed by atoms with van der Waals surface area (Å²) >= 11 is 1.37. The molecule has 1 aromatic heterocycles.